The highest BCUT2D eigenvalue weighted by Crippen LogP contribution is 2.56. The van der Waals surface area contributed by atoms with Gasteiger partial charge >= 0.3 is 0 Å². The number of anilines is 6. The van der Waals surface area contributed by atoms with Crippen molar-refractivity contribution in [3.05, 3.63) is 196 Å². The Balaban J connectivity index is 1.15. The van der Waals surface area contributed by atoms with Crippen LogP contribution in [0.4, 0.5) is 34.1 Å². The minimum Gasteiger partial charge on any atom is -0.311 e. The van der Waals surface area contributed by atoms with Crippen LogP contribution in [-0.2, 0) is 32.5 Å². The lowest BCUT2D eigenvalue weighted by Crippen LogP contribution is -2.61. The molecule has 13 rings (SSSR count). The van der Waals surface area contributed by atoms with Crippen LogP contribution in [0.5, 0.6) is 0 Å². The lowest BCUT2D eigenvalue weighted by Gasteiger charge is -2.46. The van der Waals surface area contributed by atoms with Gasteiger partial charge in [0.1, 0.15) is 0 Å². The zero-order chi connectivity index (χ0) is 51.8. The molecule has 5 aliphatic rings. The van der Waals surface area contributed by atoms with Crippen LogP contribution >= 0.6 is 0 Å². The zero-order valence-corrected chi connectivity index (χ0v) is 46.5. The van der Waals surface area contributed by atoms with Crippen LogP contribution < -0.4 is 26.2 Å². The first-order valence-electron chi connectivity index (χ1n) is 27.6. The van der Waals surface area contributed by atoms with Crippen molar-refractivity contribution in [2.45, 2.75) is 149 Å². The van der Waals surface area contributed by atoms with Crippen LogP contribution in [0.1, 0.15) is 154 Å². The van der Waals surface area contributed by atoms with Crippen LogP contribution in [-0.4, -0.2) is 6.71 Å². The van der Waals surface area contributed by atoms with E-state index in [4.69, 9.17) is 0 Å². The molecule has 3 aliphatic carbocycles. The van der Waals surface area contributed by atoms with Gasteiger partial charge in [0, 0.05) is 39.4 Å². The van der Waals surface area contributed by atoms with Gasteiger partial charge in [0.15, 0.2) is 0 Å². The van der Waals surface area contributed by atoms with Gasteiger partial charge in [-0.15, -0.1) is 0 Å². The van der Waals surface area contributed by atoms with Crippen molar-refractivity contribution in [2.24, 2.45) is 0 Å². The van der Waals surface area contributed by atoms with E-state index in [-0.39, 0.29) is 39.2 Å². The second-order valence-corrected chi connectivity index (χ2v) is 27.2. The van der Waals surface area contributed by atoms with Crippen molar-refractivity contribution in [2.75, 3.05) is 9.80 Å². The van der Waals surface area contributed by atoms with E-state index in [2.05, 4.69) is 258 Å². The number of hydrogen-bond acceptors (Lipinski definition) is 2. The summed E-state index contributed by atoms with van der Waals surface area (Å²) < 4.78 is 0. The molecule has 0 unspecified atom stereocenters. The highest BCUT2D eigenvalue weighted by molar-refractivity contribution is 7.00. The molecule has 2 nitrogen and oxygen atoms in total. The summed E-state index contributed by atoms with van der Waals surface area (Å²) in [5.74, 6) is 0. The maximum absolute atomic E-state index is 2.70. The van der Waals surface area contributed by atoms with Gasteiger partial charge in [0.25, 0.3) is 6.71 Å². The van der Waals surface area contributed by atoms with E-state index in [9.17, 15) is 0 Å². The third kappa shape index (κ3) is 6.76. The van der Waals surface area contributed by atoms with Gasteiger partial charge in [-0.05, 0) is 191 Å². The Morgan fingerprint density at radius 1 is 0.419 bits per heavy atom. The van der Waals surface area contributed by atoms with E-state index in [0.29, 0.717) is 0 Å². The summed E-state index contributed by atoms with van der Waals surface area (Å²) in [7, 11) is 0. The summed E-state index contributed by atoms with van der Waals surface area (Å²) in [6, 6.07) is 60.0. The molecule has 0 N–H and O–H groups in total. The predicted octanol–water partition coefficient (Wildman–Crippen LogP) is 17.3. The second-order valence-electron chi connectivity index (χ2n) is 27.2. The lowest BCUT2D eigenvalue weighted by atomic mass is 9.33. The topological polar surface area (TPSA) is 6.48 Å². The molecule has 0 radical (unpaired) electrons. The monoisotopic (exact) mass is 965 g/mol. The molecule has 0 fully saturated rings. The van der Waals surface area contributed by atoms with Crippen molar-refractivity contribution in [1.29, 1.82) is 0 Å². The summed E-state index contributed by atoms with van der Waals surface area (Å²) in [5, 5.41) is 0. The van der Waals surface area contributed by atoms with Gasteiger partial charge in [-0.25, -0.2) is 0 Å². The Morgan fingerprint density at radius 3 is 1.76 bits per heavy atom. The first-order chi connectivity index (χ1) is 35.0. The van der Waals surface area contributed by atoms with E-state index in [1.54, 1.807) is 0 Å². The van der Waals surface area contributed by atoms with Gasteiger partial charge in [-0.1, -0.05) is 193 Å². The fourth-order valence-electron chi connectivity index (χ4n) is 15.1. The van der Waals surface area contributed by atoms with Gasteiger partial charge < -0.3 is 9.80 Å². The third-order valence-corrected chi connectivity index (χ3v) is 18.9. The molecule has 3 heteroatoms. The molecule has 0 saturated carbocycles. The first-order valence-corrected chi connectivity index (χ1v) is 27.6. The summed E-state index contributed by atoms with van der Waals surface area (Å²) in [6.45, 7) is 33.9. The summed E-state index contributed by atoms with van der Waals surface area (Å²) >= 11 is 0. The molecule has 0 aromatic heterocycles. The van der Waals surface area contributed by atoms with Crippen LogP contribution in [0.2, 0.25) is 0 Å². The molecular weight excluding hydrogens is 892 g/mol. The van der Waals surface area contributed by atoms with Gasteiger partial charge in [0.05, 0.1) is 5.69 Å². The van der Waals surface area contributed by atoms with Crippen LogP contribution in [0.3, 0.4) is 0 Å². The fourth-order valence-corrected chi connectivity index (χ4v) is 15.1. The Labute approximate surface area is 443 Å². The molecule has 0 bridgehead atoms. The second kappa shape index (κ2) is 15.5. The standard InChI is InChI=1S/C71H73BN2/c1-43-35-62-65-63(36-43)74(59-32-28-46(66(2,3)4)38-50(59)44-21-16-15-17-22-44)60-31-27-45(48-24-20-26-53-64(48)49-23-18-19-25-51(49)71(53,13)14)37-57(60)72(65)58-40-55-56(70(11,12)42-69(55,9)10)41-61(58)73(62)47-29-30-52-54(39-47)68(7,8)34-33-67(52,5)6/h15-32,35-41H,33-34,42H2,1-14H3. The van der Waals surface area contributed by atoms with Crippen molar-refractivity contribution in [3.8, 4) is 33.4 Å². The molecular formula is C71H73BN2. The number of nitrogens with zero attached hydrogens (tertiary/aromatic N) is 2. The number of hydrogen-bond donors (Lipinski definition) is 0. The van der Waals surface area contributed by atoms with E-state index in [1.807, 2.05) is 0 Å². The Kier molecular flexibility index (Phi) is 9.88. The molecule has 74 heavy (non-hydrogen) atoms. The molecule has 0 spiro atoms. The Morgan fingerprint density at radius 2 is 1.03 bits per heavy atom. The maximum atomic E-state index is 2.70. The molecule has 2 aliphatic heterocycles. The van der Waals surface area contributed by atoms with Crippen LogP contribution in [0.25, 0.3) is 33.4 Å². The van der Waals surface area contributed by atoms with Crippen molar-refractivity contribution in [1.82, 2.24) is 0 Å². The minimum atomic E-state index is -0.0971. The number of aryl methyl sites for hydroxylation is 1. The summed E-state index contributed by atoms with van der Waals surface area (Å²) in [4.78, 5) is 5.36. The average molecular weight is 965 g/mol. The maximum Gasteiger partial charge on any atom is 0.252 e. The van der Waals surface area contributed by atoms with E-state index >= 15 is 0 Å². The van der Waals surface area contributed by atoms with Crippen molar-refractivity contribution < 1.29 is 0 Å². The summed E-state index contributed by atoms with van der Waals surface area (Å²) in [6.07, 6.45) is 3.48. The number of fused-ring (bicyclic) bond motifs is 9. The number of rotatable bonds is 4. The molecule has 2 heterocycles. The lowest BCUT2D eigenvalue weighted by molar-refractivity contribution is 0.332. The van der Waals surface area contributed by atoms with E-state index in [1.165, 1.54) is 141 Å². The normalized spacial score (nSPS) is 18.4. The highest BCUT2D eigenvalue weighted by Gasteiger charge is 2.49. The average Bonchev–Trinajstić information content (AvgIpc) is 3.70. The third-order valence-electron chi connectivity index (χ3n) is 18.9. The van der Waals surface area contributed by atoms with E-state index in [0.717, 1.165) is 6.42 Å². The smallest absolute Gasteiger partial charge is 0.252 e. The fraction of sp³-hybridized carbons (Fsp3) is 0.324. The predicted molar refractivity (Wildman–Crippen MR) is 318 cm³/mol. The summed E-state index contributed by atoms with van der Waals surface area (Å²) in [5.41, 5.74) is 30.9. The molecule has 370 valence electrons. The molecule has 0 amide bonds. The highest BCUT2D eigenvalue weighted by atomic mass is 15.2. The quantitative estimate of drug-likeness (QED) is 0.162. The van der Waals surface area contributed by atoms with Crippen LogP contribution in [0.15, 0.2) is 152 Å². The molecule has 0 atom stereocenters. The molecule has 8 aromatic carbocycles. The minimum absolute atomic E-state index is 0.0199. The SMILES string of the molecule is Cc1cc2c3c(c1)N(c1ccc(C(C)(C)C)cc1-c1ccccc1)c1ccc(-c4cccc5c4-c4ccccc4C5(C)C)cc1B3c1cc3c(cc1N2c1ccc2c(c1)C(C)(C)CCC2(C)C)C(C)(C)CC3(C)C. The Hall–Kier alpha value is -6.58. The van der Waals surface area contributed by atoms with Gasteiger partial charge in [0.2, 0.25) is 0 Å². The number of benzene rings is 8. The van der Waals surface area contributed by atoms with Gasteiger partial charge in [-0.2, -0.15) is 0 Å². The van der Waals surface area contributed by atoms with Crippen molar-refractivity contribution >= 4 is 57.2 Å². The van der Waals surface area contributed by atoms with Gasteiger partial charge in [-0.3, -0.25) is 0 Å². The van der Waals surface area contributed by atoms with Crippen LogP contribution in [0, 0.1) is 6.92 Å². The molecule has 8 aromatic rings. The van der Waals surface area contributed by atoms with Crippen molar-refractivity contribution in [3.63, 3.8) is 0 Å². The molecule has 0 saturated heterocycles. The zero-order valence-electron chi connectivity index (χ0n) is 46.5. The first kappa shape index (κ1) is 47.2. The largest absolute Gasteiger partial charge is 0.311 e. The Bertz CT molecular complexity index is 3690. The van der Waals surface area contributed by atoms with E-state index < -0.39 is 0 Å².